The van der Waals surface area contributed by atoms with Gasteiger partial charge in [0, 0.05) is 45.4 Å². The average Bonchev–Trinajstić information content (AvgIpc) is 3.40. The second-order valence-corrected chi connectivity index (χ2v) is 6.82. The average molecular weight is 322 g/mol. The Morgan fingerprint density at radius 3 is 2.70 bits per heavy atom. The number of nitrogens with one attached hydrogen (secondary N) is 1. The van der Waals surface area contributed by atoms with E-state index in [-0.39, 0.29) is 5.91 Å². The van der Waals surface area contributed by atoms with Crippen molar-refractivity contribution in [1.29, 1.82) is 0 Å². The largest absolute Gasteiger partial charge is 0.381 e. The number of aliphatic imine (C=N–C) groups is 1. The van der Waals surface area contributed by atoms with Crippen LogP contribution in [0.4, 0.5) is 0 Å². The molecule has 1 amide bonds. The van der Waals surface area contributed by atoms with Gasteiger partial charge >= 0.3 is 0 Å². The van der Waals surface area contributed by atoms with Crippen molar-refractivity contribution in [1.82, 2.24) is 15.1 Å². The molecule has 1 saturated carbocycles. The van der Waals surface area contributed by atoms with E-state index in [0.717, 1.165) is 70.5 Å². The number of carbonyl (C=O) groups excluding carboxylic acids is 1. The summed E-state index contributed by atoms with van der Waals surface area (Å²) in [4.78, 5) is 21.3. The van der Waals surface area contributed by atoms with Crippen LogP contribution in [-0.2, 0) is 9.53 Å². The van der Waals surface area contributed by atoms with Crippen molar-refractivity contribution in [3.8, 4) is 0 Å². The van der Waals surface area contributed by atoms with Gasteiger partial charge in [-0.25, -0.2) is 0 Å². The van der Waals surface area contributed by atoms with Gasteiger partial charge in [-0.1, -0.05) is 0 Å². The molecule has 3 aliphatic rings. The Hall–Kier alpha value is -1.30. The van der Waals surface area contributed by atoms with Gasteiger partial charge < -0.3 is 19.9 Å². The summed E-state index contributed by atoms with van der Waals surface area (Å²) in [6, 6.07) is 0.526. The van der Waals surface area contributed by atoms with E-state index in [4.69, 9.17) is 9.73 Å². The smallest absolute Gasteiger partial charge is 0.242 e. The molecular weight excluding hydrogens is 292 g/mol. The Bertz CT molecular complexity index is 430. The summed E-state index contributed by atoms with van der Waals surface area (Å²) in [5.41, 5.74) is 0. The van der Waals surface area contributed by atoms with Crippen molar-refractivity contribution in [2.24, 2.45) is 10.9 Å². The molecule has 2 aliphatic heterocycles. The van der Waals surface area contributed by atoms with Gasteiger partial charge in [0.25, 0.3) is 0 Å². The zero-order chi connectivity index (χ0) is 16.1. The highest BCUT2D eigenvalue weighted by Gasteiger charge is 2.36. The van der Waals surface area contributed by atoms with Gasteiger partial charge in [0.1, 0.15) is 0 Å². The van der Waals surface area contributed by atoms with E-state index in [1.807, 2.05) is 0 Å². The number of carbonyl (C=O) groups is 1. The summed E-state index contributed by atoms with van der Waals surface area (Å²) in [5.74, 6) is 1.90. The molecule has 3 rings (SSSR count). The molecule has 6 nitrogen and oxygen atoms in total. The third-order valence-electron chi connectivity index (χ3n) is 5.02. The summed E-state index contributed by atoms with van der Waals surface area (Å²) in [6.45, 7) is 7.75. The standard InChI is InChI=1S/C17H30N4O2/c1-2-18-17(19-8-5-14-6-11-23-12-7-14)20-9-10-21(15-3-4-15)16(22)13-20/h14-15H,2-13H2,1H3,(H,18,19). The quantitative estimate of drug-likeness (QED) is 0.608. The maximum absolute atomic E-state index is 12.3. The molecular formula is C17H30N4O2. The Balaban J connectivity index is 1.50. The van der Waals surface area contributed by atoms with Gasteiger partial charge in [0.15, 0.2) is 5.96 Å². The minimum atomic E-state index is 0.258. The fraction of sp³-hybridized carbons (Fsp3) is 0.882. The topological polar surface area (TPSA) is 57.2 Å². The van der Waals surface area contributed by atoms with E-state index in [9.17, 15) is 4.79 Å². The lowest BCUT2D eigenvalue weighted by molar-refractivity contribution is -0.135. The molecule has 0 radical (unpaired) electrons. The zero-order valence-corrected chi connectivity index (χ0v) is 14.3. The molecule has 23 heavy (non-hydrogen) atoms. The van der Waals surface area contributed by atoms with E-state index >= 15 is 0 Å². The summed E-state index contributed by atoms with van der Waals surface area (Å²) >= 11 is 0. The molecule has 3 fully saturated rings. The second-order valence-electron chi connectivity index (χ2n) is 6.82. The van der Waals surface area contributed by atoms with E-state index < -0.39 is 0 Å². The minimum absolute atomic E-state index is 0.258. The van der Waals surface area contributed by atoms with E-state index in [2.05, 4.69) is 22.0 Å². The molecule has 2 saturated heterocycles. The van der Waals surface area contributed by atoms with E-state index in [1.54, 1.807) is 0 Å². The minimum Gasteiger partial charge on any atom is -0.381 e. The first kappa shape index (κ1) is 16.6. The van der Waals surface area contributed by atoms with Crippen molar-refractivity contribution in [2.75, 3.05) is 45.9 Å². The Morgan fingerprint density at radius 1 is 1.26 bits per heavy atom. The molecule has 0 atom stereocenters. The summed E-state index contributed by atoms with van der Waals surface area (Å²) in [6.07, 6.45) is 5.81. The monoisotopic (exact) mass is 322 g/mol. The predicted molar refractivity (Wildman–Crippen MR) is 90.4 cm³/mol. The van der Waals surface area contributed by atoms with E-state index in [1.165, 1.54) is 12.8 Å². The lowest BCUT2D eigenvalue weighted by Crippen LogP contribution is -2.55. The lowest BCUT2D eigenvalue weighted by atomic mass is 9.97. The lowest BCUT2D eigenvalue weighted by Gasteiger charge is -2.36. The molecule has 0 aromatic heterocycles. The number of guanidine groups is 1. The maximum Gasteiger partial charge on any atom is 0.242 e. The van der Waals surface area contributed by atoms with Gasteiger partial charge in [-0.2, -0.15) is 0 Å². The molecule has 0 aromatic rings. The number of piperazine rings is 1. The summed E-state index contributed by atoms with van der Waals surface area (Å²) in [7, 11) is 0. The van der Waals surface area contributed by atoms with Crippen molar-refractivity contribution in [3.63, 3.8) is 0 Å². The number of nitrogens with zero attached hydrogens (tertiary/aromatic N) is 3. The Morgan fingerprint density at radius 2 is 2.04 bits per heavy atom. The third-order valence-corrected chi connectivity index (χ3v) is 5.02. The predicted octanol–water partition coefficient (Wildman–Crippen LogP) is 1.08. The van der Waals surface area contributed by atoms with Gasteiger partial charge in [0.2, 0.25) is 5.91 Å². The molecule has 0 aromatic carbocycles. The number of ether oxygens (including phenoxy) is 1. The molecule has 130 valence electrons. The summed E-state index contributed by atoms with van der Waals surface area (Å²) < 4.78 is 5.41. The third kappa shape index (κ3) is 4.59. The van der Waals surface area contributed by atoms with Crippen molar-refractivity contribution in [2.45, 2.75) is 45.1 Å². The van der Waals surface area contributed by atoms with Gasteiger partial charge in [0.05, 0.1) is 6.54 Å². The van der Waals surface area contributed by atoms with E-state index in [0.29, 0.717) is 12.6 Å². The fourth-order valence-electron chi connectivity index (χ4n) is 3.45. The van der Waals surface area contributed by atoms with Crippen LogP contribution in [0.25, 0.3) is 0 Å². The normalized spacial score (nSPS) is 24.2. The zero-order valence-electron chi connectivity index (χ0n) is 14.3. The highest BCUT2D eigenvalue weighted by atomic mass is 16.5. The van der Waals surface area contributed by atoms with Crippen molar-refractivity contribution < 1.29 is 9.53 Å². The second kappa shape index (κ2) is 7.99. The summed E-state index contributed by atoms with van der Waals surface area (Å²) in [5, 5.41) is 3.35. The van der Waals surface area contributed by atoms with Gasteiger partial charge in [-0.15, -0.1) is 0 Å². The maximum atomic E-state index is 12.3. The van der Waals surface area contributed by atoms with Crippen LogP contribution in [-0.4, -0.2) is 73.6 Å². The first-order valence-electron chi connectivity index (χ1n) is 9.18. The van der Waals surface area contributed by atoms with Crippen LogP contribution >= 0.6 is 0 Å². The number of hydrogen-bond donors (Lipinski definition) is 1. The van der Waals surface area contributed by atoms with Crippen molar-refractivity contribution in [3.05, 3.63) is 0 Å². The van der Waals surface area contributed by atoms with Gasteiger partial charge in [-0.05, 0) is 44.9 Å². The van der Waals surface area contributed by atoms with Crippen LogP contribution < -0.4 is 5.32 Å². The fourth-order valence-corrected chi connectivity index (χ4v) is 3.45. The molecule has 6 heteroatoms. The Labute approximate surface area is 139 Å². The highest BCUT2D eigenvalue weighted by Crippen LogP contribution is 2.28. The molecule has 0 bridgehead atoms. The van der Waals surface area contributed by atoms with Crippen LogP contribution in [0.5, 0.6) is 0 Å². The first-order valence-corrected chi connectivity index (χ1v) is 9.18. The van der Waals surface area contributed by atoms with Crippen LogP contribution in [0.2, 0.25) is 0 Å². The first-order chi connectivity index (χ1) is 11.3. The van der Waals surface area contributed by atoms with Crippen LogP contribution in [0.15, 0.2) is 4.99 Å². The molecule has 0 spiro atoms. The van der Waals surface area contributed by atoms with Crippen LogP contribution in [0, 0.1) is 5.92 Å². The van der Waals surface area contributed by atoms with Gasteiger partial charge in [-0.3, -0.25) is 9.79 Å². The SMILES string of the molecule is CCNC(=NCCC1CCOCC1)N1CCN(C2CC2)C(=O)C1. The van der Waals surface area contributed by atoms with Crippen LogP contribution in [0.3, 0.4) is 0 Å². The number of rotatable bonds is 5. The van der Waals surface area contributed by atoms with Crippen molar-refractivity contribution >= 4 is 11.9 Å². The molecule has 1 aliphatic carbocycles. The Kier molecular flexibility index (Phi) is 5.75. The van der Waals surface area contributed by atoms with Crippen LogP contribution in [0.1, 0.15) is 39.0 Å². The highest BCUT2D eigenvalue weighted by molar-refractivity contribution is 5.88. The number of hydrogen-bond acceptors (Lipinski definition) is 3. The molecule has 2 heterocycles. The number of amides is 1. The molecule has 0 unspecified atom stereocenters. The molecule has 1 N–H and O–H groups in total.